The second-order valence-electron chi connectivity index (χ2n) is 6.70. The van der Waals surface area contributed by atoms with Crippen molar-refractivity contribution in [3.8, 4) is 0 Å². The molecule has 4 rings (SSSR count). The minimum Gasteiger partial charge on any atom is -0.304 e. The summed E-state index contributed by atoms with van der Waals surface area (Å²) in [6.07, 6.45) is 0.789. The van der Waals surface area contributed by atoms with Crippen molar-refractivity contribution in [2.24, 2.45) is 0 Å². The Morgan fingerprint density at radius 3 is 2.63 bits per heavy atom. The highest BCUT2D eigenvalue weighted by Crippen LogP contribution is 2.32. The fraction of sp³-hybridized carbons (Fsp3) is 0.190. The van der Waals surface area contributed by atoms with Gasteiger partial charge in [0.1, 0.15) is 11.5 Å². The van der Waals surface area contributed by atoms with Crippen molar-refractivity contribution in [2.75, 3.05) is 4.90 Å². The molecule has 1 amide bonds. The van der Waals surface area contributed by atoms with Gasteiger partial charge in [0.15, 0.2) is 0 Å². The predicted octanol–water partition coefficient (Wildman–Crippen LogP) is 3.02. The molecule has 2 aromatic carbocycles. The third-order valence-corrected chi connectivity index (χ3v) is 4.76. The summed E-state index contributed by atoms with van der Waals surface area (Å²) < 4.78 is 14.3. The second kappa shape index (κ2) is 6.79. The van der Waals surface area contributed by atoms with E-state index in [9.17, 15) is 14.0 Å². The molecule has 1 unspecified atom stereocenters. The van der Waals surface area contributed by atoms with Crippen LogP contribution in [-0.2, 0) is 13.0 Å². The van der Waals surface area contributed by atoms with E-state index in [0.717, 1.165) is 23.2 Å². The van der Waals surface area contributed by atoms with E-state index in [2.05, 4.69) is 5.10 Å². The zero-order valence-corrected chi connectivity index (χ0v) is 14.8. The van der Waals surface area contributed by atoms with Gasteiger partial charge in [-0.05, 0) is 48.7 Å². The Kier molecular flexibility index (Phi) is 4.32. The molecule has 0 aliphatic carbocycles. The number of hydrogen-bond donors (Lipinski definition) is 0. The largest absolute Gasteiger partial charge is 0.304 e. The number of halogens is 1. The summed E-state index contributed by atoms with van der Waals surface area (Å²) in [6, 6.07) is 16.5. The smallest absolute Gasteiger partial charge is 0.278 e. The third-order valence-electron chi connectivity index (χ3n) is 4.76. The van der Waals surface area contributed by atoms with Gasteiger partial charge in [0.25, 0.3) is 11.5 Å². The molecule has 3 aromatic rings. The molecule has 0 saturated carbocycles. The van der Waals surface area contributed by atoms with Crippen LogP contribution in [0.4, 0.5) is 10.1 Å². The normalized spacial score (nSPS) is 15.6. The van der Waals surface area contributed by atoms with Gasteiger partial charge in [-0.15, -0.1) is 0 Å². The van der Waals surface area contributed by atoms with Crippen LogP contribution in [0.5, 0.6) is 0 Å². The van der Waals surface area contributed by atoms with Gasteiger partial charge in [-0.2, -0.15) is 5.10 Å². The molecule has 6 heteroatoms. The van der Waals surface area contributed by atoms with Crippen molar-refractivity contribution >= 4 is 11.6 Å². The van der Waals surface area contributed by atoms with E-state index in [1.807, 2.05) is 31.2 Å². The SMILES string of the molecule is CC1Cc2ccccc2N1C(=O)c1ccc(=O)n(Cc2ccc(F)cc2)n1. The highest BCUT2D eigenvalue weighted by Gasteiger charge is 2.32. The van der Waals surface area contributed by atoms with Crippen LogP contribution in [0.15, 0.2) is 65.5 Å². The summed E-state index contributed by atoms with van der Waals surface area (Å²) in [5.41, 5.74) is 2.63. The first kappa shape index (κ1) is 17.1. The highest BCUT2D eigenvalue weighted by molar-refractivity contribution is 6.06. The quantitative estimate of drug-likeness (QED) is 0.719. The fourth-order valence-corrected chi connectivity index (χ4v) is 3.44. The number of nitrogens with zero attached hydrogens (tertiary/aromatic N) is 3. The van der Waals surface area contributed by atoms with Gasteiger partial charge in [0, 0.05) is 17.8 Å². The first-order valence-corrected chi connectivity index (χ1v) is 8.77. The van der Waals surface area contributed by atoms with Crippen molar-refractivity contribution < 1.29 is 9.18 Å². The Hall–Kier alpha value is -3.28. The molecule has 27 heavy (non-hydrogen) atoms. The maximum absolute atomic E-state index is 13.1. The van der Waals surface area contributed by atoms with Crippen LogP contribution >= 0.6 is 0 Å². The summed E-state index contributed by atoms with van der Waals surface area (Å²) in [5, 5.41) is 4.26. The van der Waals surface area contributed by atoms with Gasteiger partial charge in [-0.3, -0.25) is 9.59 Å². The molecule has 136 valence electrons. The van der Waals surface area contributed by atoms with Gasteiger partial charge in [-0.1, -0.05) is 30.3 Å². The summed E-state index contributed by atoms with van der Waals surface area (Å²) >= 11 is 0. The van der Waals surface area contributed by atoms with Crippen molar-refractivity contribution in [3.63, 3.8) is 0 Å². The number of carbonyl (C=O) groups is 1. The standard InChI is InChI=1S/C21H18FN3O2/c1-14-12-16-4-2-3-5-19(16)25(14)21(27)18-10-11-20(26)24(23-18)13-15-6-8-17(22)9-7-15/h2-11,14H,12-13H2,1H3. The lowest BCUT2D eigenvalue weighted by Gasteiger charge is -2.22. The Morgan fingerprint density at radius 1 is 1.11 bits per heavy atom. The molecule has 0 fully saturated rings. The van der Waals surface area contributed by atoms with Crippen molar-refractivity contribution in [1.29, 1.82) is 0 Å². The van der Waals surface area contributed by atoms with E-state index in [4.69, 9.17) is 0 Å². The van der Waals surface area contributed by atoms with Gasteiger partial charge in [0.2, 0.25) is 0 Å². The van der Waals surface area contributed by atoms with E-state index >= 15 is 0 Å². The Bertz CT molecular complexity index is 1060. The van der Waals surface area contributed by atoms with Crippen molar-refractivity contribution in [2.45, 2.75) is 25.9 Å². The van der Waals surface area contributed by atoms with E-state index in [0.29, 0.717) is 0 Å². The lowest BCUT2D eigenvalue weighted by molar-refractivity contribution is 0.0974. The zero-order valence-electron chi connectivity index (χ0n) is 14.8. The number of aromatic nitrogens is 2. The van der Waals surface area contributed by atoms with Crippen molar-refractivity contribution in [1.82, 2.24) is 9.78 Å². The zero-order chi connectivity index (χ0) is 19.0. The van der Waals surface area contributed by atoms with Gasteiger partial charge < -0.3 is 4.90 Å². The lowest BCUT2D eigenvalue weighted by atomic mass is 10.1. The number of amides is 1. The Labute approximate surface area is 155 Å². The highest BCUT2D eigenvalue weighted by atomic mass is 19.1. The van der Waals surface area contributed by atoms with Gasteiger partial charge >= 0.3 is 0 Å². The van der Waals surface area contributed by atoms with Crippen LogP contribution in [0.3, 0.4) is 0 Å². The van der Waals surface area contributed by atoms with E-state index in [1.165, 1.54) is 28.9 Å². The number of benzene rings is 2. The molecule has 1 aromatic heterocycles. The molecule has 0 radical (unpaired) electrons. The molecule has 0 saturated heterocycles. The van der Waals surface area contributed by atoms with Gasteiger partial charge in [-0.25, -0.2) is 9.07 Å². The fourth-order valence-electron chi connectivity index (χ4n) is 3.44. The first-order valence-electron chi connectivity index (χ1n) is 8.77. The van der Waals surface area contributed by atoms with E-state index in [-0.39, 0.29) is 35.6 Å². The van der Waals surface area contributed by atoms with Crippen LogP contribution in [-0.4, -0.2) is 21.7 Å². The number of anilines is 1. The van der Waals surface area contributed by atoms with Crippen LogP contribution < -0.4 is 10.5 Å². The van der Waals surface area contributed by atoms with Crippen molar-refractivity contribution in [3.05, 3.63) is 93.7 Å². The maximum atomic E-state index is 13.1. The monoisotopic (exact) mass is 363 g/mol. The molecule has 1 aliphatic heterocycles. The summed E-state index contributed by atoms with van der Waals surface area (Å²) in [6.45, 7) is 2.17. The number of carbonyl (C=O) groups excluding carboxylic acids is 1. The number of fused-ring (bicyclic) bond motifs is 1. The molecular formula is C21H18FN3O2. The topological polar surface area (TPSA) is 55.2 Å². The van der Waals surface area contributed by atoms with E-state index < -0.39 is 0 Å². The number of rotatable bonds is 3. The lowest BCUT2D eigenvalue weighted by Crippen LogP contribution is -2.37. The van der Waals surface area contributed by atoms with Gasteiger partial charge in [0.05, 0.1) is 6.54 Å². The molecule has 5 nitrogen and oxygen atoms in total. The average Bonchev–Trinajstić information content (AvgIpc) is 3.00. The summed E-state index contributed by atoms with van der Waals surface area (Å²) in [5.74, 6) is -0.579. The summed E-state index contributed by atoms with van der Waals surface area (Å²) in [7, 11) is 0. The average molecular weight is 363 g/mol. The third kappa shape index (κ3) is 3.26. The number of para-hydroxylation sites is 1. The minimum atomic E-state index is -0.343. The molecule has 0 spiro atoms. The van der Waals surface area contributed by atoms with Crippen LogP contribution in [0.2, 0.25) is 0 Å². The maximum Gasteiger partial charge on any atom is 0.278 e. The predicted molar refractivity (Wildman–Crippen MR) is 100 cm³/mol. The molecular weight excluding hydrogens is 345 g/mol. The van der Waals surface area contributed by atoms with Crippen LogP contribution in [0.25, 0.3) is 0 Å². The summed E-state index contributed by atoms with van der Waals surface area (Å²) in [4.78, 5) is 27.0. The molecule has 1 aliphatic rings. The Balaban J connectivity index is 1.65. The molecule has 1 atom stereocenters. The second-order valence-corrected chi connectivity index (χ2v) is 6.70. The molecule has 2 heterocycles. The van der Waals surface area contributed by atoms with Crippen LogP contribution in [0, 0.1) is 5.82 Å². The minimum absolute atomic E-state index is 0.0224. The van der Waals surface area contributed by atoms with E-state index in [1.54, 1.807) is 17.0 Å². The number of hydrogen-bond acceptors (Lipinski definition) is 3. The molecule has 0 N–H and O–H groups in total. The van der Waals surface area contributed by atoms with Crippen LogP contribution in [0.1, 0.15) is 28.5 Å². The first-order chi connectivity index (χ1) is 13.0. The Morgan fingerprint density at radius 2 is 1.85 bits per heavy atom. The molecule has 0 bridgehead atoms.